The number of hydrogen-bond donors (Lipinski definition) is 3. The lowest BCUT2D eigenvalue weighted by molar-refractivity contribution is -0.0140. The lowest BCUT2D eigenvalue weighted by Gasteiger charge is -2.15. The second kappa shape index (κ2) is 5.39. The molecular formula is C10H13FN6O4S. The van der Waals surface area contributed by atoms with Crippen molar-refractivity contribution >= 4 is 27.3 Å². The Hall–Kier alpha value is -1.89. The van der Waals surface area contributed by atoms with Crippen LogP contribution in [0.1, 0.15) is 12.6 Å². The number of nitrogens with two attached hydrogens (primary N) is 1. The highest BCUT2D eigenvalue weighted by atomic mass is 32.2. The highest BCUT2D eigenvalue weighted by Gasteiger charge is 2.38. The summed E-state index contributed by atoms with van der Waals surface area (Å²) < 4.78 is 52.8. The summed E-state index contributed by atoms with van der Waals surface area (Å²) in [5.74, 6) is 0.168. The number of aromatic nitrogens is 4. The predicted octanol–water partition coefficient (Wildman–Crippen LogP) is -0.574. The number of alkyl halides is 1. The molecular weight excluding hydrogens is 319 g/mol. The maximum atomic E-state index is 14.2. The molecule has 1 aliphatic heterocycles. The lowest BCUT2D eigenvalue weighted by Crippen LogP contribution is -2.31. The summed E-state index contributed by atoms with van der Waals surface area (Å²) in [5.41, 5.74) is 6.31. The van der Waals surface area contributed by atoms with E-state index in [2.05, 4.69) is 15.0 Å². The van der Waals surface area contributed by atoms with Crippen molar-refractivity contribution in [2.45, 2.75) is 24.9 Å². The minimum absolute atomic E-state index is 0.0343. The number of hydrogen-bond acceptors (Lipinski definition) is 7. The molecule has 4 N–H and O–H groups in total. The molecule has 120 valence electrons. The lowest BCUT2D eigenvalue weighted by atomic mass is 10.2. The van der Waals surface area contributed by atoms with Gasteiger partial charge < -0.3 is 10.5 Å². The van der Waals surface area contributed by atoms with Crippen LogP contribution in [0, 0.1) is 0 Å². The van der Waals surface area contributed by atoms with Crippen LogP contribution < -0.4 is 10.5 Å². The molecule has 2 aromatic rings. The quantitative estimate of drug-likeness (QED) is 0.631. The van der Waals surface area contributed by atoms with Crippen LogP contribution in [-0.4, -0.2) is 51.3 Å². The number of rotatable bonds is 4. The molecule has 1 saturated heterocycles. The van der Waals surface area contributed by atoms with Crippen LogP contribution in [0.2, 0.25) is 0 Å². The van der Waals surface area contributed by atoms with Gasteiger partial charge in [-0.2, -0.15) is 13.1 Å². The van der Waals surface area contributed by atoms with E-state index in [4.69, 9.17) is 15.0 Å². The molecule has 0 unspecified atom stereocenters. The monoisotopic (exact) mass is 332 g/mol. The van der Waals surface area contributed by atoms with Crippen LogP contribution in [0.15, 0.2) is 12.7 Å². The van der Waals surface area contributed by atoms with Crippen molar-refractivity contribution < 1.29 is 22.1 Å². The Morgan fingerprint density at radius 3 is 3.00 bits per heavy atom. The normalized spacial score (nSPS) is 25.8. The van der Waals surface area contributed by atoms with Gasteiger partial charge >= 0.3 is 10.3 Å². The first-order valence-corrected chi connectivity index (χ1v) is 7.74. The van der Waals surface area contributed by atoms with E-state index < -0.39 is 28.8 Å². The molecule has 0 radical (unpaired) electrons. The van der Waals surface area contributed by atoms with E-state index in [-0.39, 0.29) is 18.8 Å². The SMILES string of the molecule is Nc1ncnc2c1ncn2[C@@H]1O[C@H](CNS(=O)(=O)O)C[C@H]1F. The van der Waals surface area contributed by atoms with Gasteiger partial charge in [0.1, 0.15) is 18.0 Å². The second-order valence-electron chi connectivity index (χ2n) is 4.81. The maximum absolute atomic E-state index is 14.2. The molecule has 22 heavy (non-hydrogen) atoms. The van der Waals surface area contributed by atoms with Crippen molar-refractivity contribution in [3.05, 3.63) is 12.7 Å². The molecule has 2 aromatic heterocycles. The molecule has 3 heterocycles. The van der Waals surface area contributed by atoms with Crippen molar-refractivity contribution in [3.63, 3.8) is 0 Å². The summed E-state index contributed by atoms with van der Waals surface area (Å²) in [7, 11) is -4.35. The smallest absolute Gasteiger partial charge is 0.333 e. The topological polar surface area (TPSA) is 145 Å². The molecule has 0 aliphatic carbocycles. The summed E-state index contributed by atoms with van der Waals surface area (Å²) in [4.78, 5) is 11.8. The van der Waals surface area contributed by atoms with Crippen LogP contribution in [0.3, 0.4) is 0 Å². The van der Waals surface area contributed by atoms with E-state index in [1.807, 2.05) is 4.72 Å². The summed E-state index contributed by atoms with van der Waals surface area (Å²) in [6.45, 7) is -0.237. The third-order valence-corrected chi connectivity index (χ3v) is 3.82. The number of nitrogen functional groups attached to an aromatic ring is 1. The minimum atomic E-state index is -4.35. The fourth-order valence-electron chi connectivity index (χ4n) is 2.33. The zero-order chi connectivity index (χ0) is 15.9. The average molecular weight is 332 g/mol. The fraction of sp³-hybridized carbons (Fsp3) is 0.500. The highest BCUT2D eigenvalue weighted by Crippen LogP contribution is 2.33. The van der Waals surface area contributed by atoms with Crippen molar-refractivity contribution in [1.82, 2.24) is 24.2 Å². The first-order chi connectivity index (χ1) is 10.3. The number of imidazole rings is 1. The number of nitrogens with zero attached hydrogens (tertiary/aromatic N) is 4. The van der Waals surface area contributed by atoms with Crippen LogP contribution in [0.5, 0.6) is 0 Å². The van der Waals surface area contributed by atoms with Crippen molar-refractivity contribution in [2.75, 3.05) is 12.3 Å². The minimum Gasteiger partial charge on any atom is -0.382 e. The van der Waals surface area contributed by atoms with Crippen molar-refractivity contribution in [3.8, 4) is 0 Å². The Kier molecular flexibility index (Phi) is 3.68. The summed E-state index contributed by atoms with van der Waals surface area (Å²) in [5, 5.41) is 0. The van der Waals surface area contributed by atoms with Crippen LogP contribution in [-0.2, 0) is 15.0 Å². The Morgan fingerprint density at radius 2 is 2.27 bits per heavy atom. The summed E-state index contributed by atoms with van der Waals surface area (Å²) in [6, 6.07) is 0. The third-order valence-electron chi connectivity index (χ3n) is 3.28. The molecule has 0 bridgehead atoms. The van der Waals surface area contributed by atoms with E-state index in [1.54, 1.807) is 0 Å². The van der Waals surface area contributed by atoms with Crippen molar-refractivity contribution in [1.29, 1.82) is 0 Å². The van der Waals surface area contributed by atoms with Gasteiger partial charge in [0.15, 0.2) is 17.7 Å². The van der Waals surface area contributed by atoms with Gasteiger partial charge in [-0.3, -0.25) is 9.12 Å². The van der Waals surface area contributed by atoms with Gasteiger partial charge in [-0.1, -0.05) is 0 Å². The van der Waals surface area contributed by atoms with Gasteiger partial charge in [-0.05, 0) is 0 Å². The molecule has 12 heteroatoms. The molecule has 1 aliphatic rings. The molecule has 1 fully saturated rings. The zero-order valence-electron chi connectivity index (χ0n) is 11.1. The number of anilines is 1. The maximum Gasteiger partial charge on any atom is 0.333 e. The Balaban J connectivity index is 1.81. The second-order valence-corrected chi connectivity index (χ2v) is 6.05. The predicted molar refractivity (Wildman–Crippen MR) is 72.7 cm³/mol. The van der Waals surface area contributed by atoms with E-state index in [9.17, 15) is 12.8 Å². The van der Waals surface area contributed by atoms with Gasteiger partial charge in [0.25, 0.3) is 0 Å². The first-order valence-electron chi connectivity index (χ1n) is 6.30. The standard InChI is InChI=1S/C10H13FN6O4S/c11-6-1-5(2-16-22(18,19)20)21-10(6)17-4-15-7-8(12)13-3-14-9(7)17/h3-6,10,16H,1-2H2,(H2,12,13,14)(H,18,19,20)/t5-,6+,10+/m0/s1. The summed E-state index contributed by atoms with van der Waals surface area (Å²) in [6.07, 6.45) is -0.582. The molecule has 0 spiro atoms. The van der Waals surface area contributed by atoms with Gasteiger partial charge in [-0.15, -0.1) is 0 Å². The zero-order valence-corrected chi connectivity index (χ0v) is 11.9. The molecule has 0 aromatic carbocycles. The van der Waals surface area contributed by atoms with Gasteiger partial charge in [0, 0.05) is 13.0 Å². The average Bonchev–Trinajstić information content (AvgIpc) is 3.00. The Bertz CT molecular complexity index is 796. The fourth-order valence-corrected chi connectivity index (χ4v) is 2.73. The van der Waals surface area contributed by atoms with Crippen LogP contribution in [0.4, 0.5) is 10.2 Å². The molecule has 10 nitrogen and oxygen atoms in total. The van der Waals surface area contributed by atoms with Gasteiger partial charge in [0.05, 0.1) is 12.4 Å². The van der Waals surface area contributed by atoms with E-state index in [0.29, 0.717) is 11.2 Å². The Labute approximate surface area is 124 Å². The van der Waals surface area contributed by atoms with E-state index >= 15 is 0 Å². The molecule has 3 rings (SSSR count). The van der Waals surface area contributed by atoms with Gasteiger partial charge in [-0.25, -0.2) is 19.3 Å². The molecule has 0 saturated carbocycles. The number of ether oxygens (including phenoxy) is 1. The number of halogens is 1. The van der Waals surface area contributed by atoms with Crippen molar-refractivity contribution in [2.24, 2.45) is 0 Å². The van der Waals surface area contributed by atoms with Gasteiger partial charge in [0.2, 0.25) is 0 Å². The highest BCUT2D eigenvalue weighted by molar-refractivity contribution is 7.83. The number of fused-ring (bicyclic) bond motifs is 1. The Morgan fingerprint density at radius 1 is 1.50 bits per heavy atom. The van der Waals surface area contributed by atoms with E-state index in [1.165, 1.54) is 17.2 Å². The molecule has 0 amide bonds. The first kappa shape index (κ1) is 15.0. The van der Waals surface area contributed by atoms with Crippen LogP contribution >= 0.6 is 0 Å². The molecule has 3 atom stereocenters. The number of nitrogens with one attached hydrogen (secondary N) is 1. The largest absolute Gasteiger partial charge is 0.382 e. The van der Waals surface area contributed by atoms with Crippen LogP contribution in [0.25, 0.3) is 11.2 Å². The third kappa shape index (κ3) is 2.85. The summed E-state index contributed by atoms with van der Waals surface area (Å²) >= 11 is 0. The van der Waals surface area contributed by atoms with E-state index in [0.717, 1.165) is 0 Å².